The first-order valence-corrected chi connectivity index (χ1v) is 11.1. The van der Waals surface area contributed by atoms with Crippen LogP contribution in [0.1, 0.15) is 12.8 Å². The largest absolute Gasteiger partial charge is 0.379 e. The number of benzene rings is 1. The van der Waals surface area contributed by atoms with E-state index < -0.39 is 10.0 Å². The van der Waals surface area contributed by atoms with Gasteiger partial charge in [0.15, 0.2) is 0 Å². The van der Waals surface area contributed by atoms with Crippen LogP contribution in [-0.4, -0.2) is 76.0 Å². The first-order chi connectivity index (χ1) is 13.0. The summed E-state index contributed by atoms with van der Waals surface area (Å²) in [5.41, 5.74) is 0. The van der Waals surface area contributed by atoms with Crippen molar-refractivity contribution < 1.29 is 17.9 Å². The fraction of sp³-hybridized carbons (Fsp3) is 0.611. The minimum absolute atomic E-state index is 0.0202. The van der Waals surface area contributed by atoms with Gasteiger partial charge < -0.3 is 10.1 Å². The average molecular weight is 416 g/mol. The molecule has 150 valence electrons. The molecular formula is C18H26ClN3O4S. The maximum absolute atomic E-state index is 12.7. The molecule has 0 aromatic heterocycles. The van der Waals surface area contributed by atoms with Crippen molar-refractivity contribution in [3.8, 4) is 0 Å². The Kier molecular flexibility index (Phi) is 7.10. The summed E-state index contributed by atoms with van der Waals surface area (Å²) in [5.74, 6) is -0.113. The fourth-order valence-electron chi connectivity index (χ4n) is 3.42. The molecule has 0 unspecified atom stereocenters. The van der Waals surface area contributed by atoms with E-state index >= 15 is 0 Å². The first-order valence-electron chi connectivity index (χ1n) is 9.30. The van der Waals surface area contributed by atoms with E-state index in [2.05, 4.69) is 10.2 Å². The Hall–Kier alpha value is -1.19. The lowest BCUT2D eigenvalue weighted by molar-refractivity contribution is -0.126. The fourth-order valence-corrected chi connectivity index (χ4v) is 5.02. The van der Waals surface area contributed by atoms with Crippen molar-refractivity contribution in [3.05, 3.63) is 29.3 Å². The third kappa shape index (κ3) is 5.42. The zero-order chi connectivity index (χ0) is 19.3. The number of hydrogen-bond acceptors (Lipinski definition) is 5. The molecule has 1 N–H and O–H groups in total. The summed E-state index contributed by atoms with van der Waals surface area (Å²) in [6, 6.07) is 6.18. The quantitative estimate of drug-likeness (QED) is 0.755. The number of sulfonamides is 1. The van der Waals surface area contributed by atoms with Gasteiger partial charge in [0.2, 0.25) is 15.9 Å². The molecule has 0 saturated carbocycles. The van der Waals surface area contributed by atoms with E-state index in [9.17, 15) is 13.2 Å². The summed E-state index contributed by atoms with van der Waals surface area (Å²) in [6.07, 6.45) is 1.08. The second-order valence-corrected chi connectivity index (χ2v) is 9.25. The van der Waals surface area contributed by atoms with Gasteiger partial charge in [0.1, 0.15) is 0 Å². The van der Waals surface area contributed by atoms with Crippen LogP contribution in [0.2, 0.25) is 5.02 Å². The number of morpholine rings is 1. The molecule has 2 aliphatic rings. The van der Waals surface area contributed by atoms with E-state index in [1.807, 2.05) is 0 Å². The number of ether oxygens (including phenoxy) is 1. The molecule has 2 saturated heterocycles. The molecule has 9 heteroatoms. The van der Waals surface area contributed by atoms with Crippen LogP contribution in [-0.2, 0) is 19.6 Å². The molecule has 0 radical (unpaired) electrons. The van der Waals surface area contributed by atoms with Crippen LogP contribution < -0.4 is 5.32 Å². The van der Waals surface area contributed by atoms with Crippen molar-refractivity contribution in [2.24, 2.45) is 5.92 Å². The highest BCUT2D eigenvalue weighted by molar-refractivity contribution is 7.89. The van der Waals surface area contributed by atoms with E-state index in [1.165, 1.54) is 16.4 Å². The van der Waals surface area contributed by atoms with Crippen molar-refractivity contribution in [2.45, 2.75) is 17.7 Å². The first kappa shape index (κ1) is 20.5. The van der Waals surface area contributed by atoms with Crippen LogP contribution in [0.25, 0.3) is 0 Å². The van der Waals surface area contributed by atoms with E-state index in [-0.39, 0.29) is 16.7 Å². The molecule has 2 heterocycles. The molecule has 1 amide bonds. The molecule has 3 rings (SSSR count). The van der Waals surface area contributed by atoms with Gasteiger partial charge in [-0.2, -0.15) is 4.31 Å². The summed E-state index contributed by atoms with van der Waals surface area (Å²) in [4.78, 5) is 14.9. The Bertz CT molecular complexity index is 727. The Morgan fingerprint density at radius 3 is 2.37 bits per heavy atom. The molecule has 2 aliphatic heterocycles. The normalized spacial score (nSPS) is 20.5. The zero-order valence-corrected chi connectivity index (χ0v) is 16.8. The third-order valence-corrected chi connectivity index (χ3v) is 7.27. The van der Waals surface area contributed by atoms with Crippen LogP contribution in [0.4, 0.5) is 0 Å². The van der Waals surface area contributed by atoms with Gasteiger partial charge in [-0.3, -0.25) is 9.69 Å². The second-order valence-electron chi connectivity index (χ2n) is 6.88. The summed E-state index contributed by atoms with van der Waals surface area (Å²) in [5, 5.41) is 3.49. The van der Waals surface area contributed by atoms with Gasteiger partial charge in [-0.15, -0.1) is 0 Å². The number of hydrogen-bond donors (Lipinski definition) is 1. The number of carbonyl (C=O) groups excluding carboxylic acids is 1. The van der Waals surface area contributed by atoms with Crippen LogP contribution in [0, 0.1) is 5.92 Å². The van der Waals surface area contributed by atoms with Gasteiger partial charge >= 0.3 is 0 Å². The smallest absolute Gasteiger partial charge is 0.243 e. The maximum Gasteiger partial charge on any atom is 0.243 e. The topological polar surface area (TPSA) is 79.0 Å². The SMILES string of the molecule is O=C(NCCN1CCOCC1)C1CCN(S(=O)(=O)c2ccc(Cl)cc2)CC1. The van der Waals surface area contributed by atoms with E-state index in [0.29, 0.717) is 37.5 Å². The molecule has 7 nitrogen and oxygen atoms in total. The number of carbonyl (C=O) groups is 1. The summed E-state index contributed by atoms with van der Waals surface area (Å²) in [6.45, 7) is 5.43. The Labute approximate surface area is 165 Å². The van der Waals surface area contributed by atoms with E-state index in [1.54, 1.807) is 12.1 Å². The summed E-state index contributed by atoms with van der Waals surface area (Å²) in [7, 11) is -3.53. The van der Waals surface area contributed by atoms with Crippen molar-refractivity contribution in [1.82, 2.24) is 14.5 Å². The third-order valence-electron chi connectivity index (χ3n) is 5.11. The number of halogens is 1. The number of nitrogens with one attached hydrogen (secondary N) is 1. The molecule has 0 bridgehead atoms. The molecule has 2 fully saturated rings. The number of piperidine rings is 1. The number of amides is 1. The van der Waals surface area contributed by atoms with Gasteiger partial charge in [-0.1, -0.05) is 11.6 Å². The molecule has 0 atom stereocenters. The maximum atomic E-state index is 12.7. The van der Waals surface area contributed by atoms with Crippen molar-refractivity contribution in [1.29, 1.82) is 0 Å². The highest BCUT2D eigenvalue weighted by Gasteiger charge is 2.32. The Morgan fingerprint density at radius 2 is 1.74 bits per heavy atom. The molecular weight excluding hydrogens is 390 g/mol. The number of rotatable bonds is 6. The van der Waals surface area contributed by atoms with Crippen LogP contribution in [0.5, 0.6) is 0 Å². The molecule has 1 aromatic carbocycles. The lowest BCUT2D eigenvalue weighted by Crippen LogP contribution is -2.45. The predicted octanol–water partition coefficient (Wildman–Crippen LogP) is 1.19. The summed E-state index contributed by atoms with van der Waals surface area (Å²) >= 11 is 5.83. The molecule has 27 heavy (non-hydrogen) atoms. The van der Waals surface area contributed by atoms with E-state index in [0.717, 1.165) is 32.8 Å². The predicted molar refractivity (Wildman–Crippen MR) is 103 cm³/mol. The highest BCUT2D eigenvalue weighted by atomic mass is 35.5. The molecule has 1 aromatic rings. The van der Waals surface area contributed by atoms with Gasteiger partial charge in [-0.25, -0.2) is 8.42 Å². The lowest BCUT2D eigenvalue weighted by atomic mass is 9.97. The molecule has 0 spiro atoms. The van der Waals surface area contributed by atoms with Gasteiger partial charge in [0.25, 0.3) is 0 Å². The molecule has 0 aliphatic carbocycles. The Morgan fingerprint density at radius 1 is 1.11 bits per heavy atom. The number of nitrogens with zero attached hydrogens (tertiary/aromatic N) is 2. The second kappa shape index (κ2) is 9.34. The van der Waals surface area contributed by atoms with Crippen LogP contribution in [0.15, 0.2) is 29.2 Å². The minimum atomic E-state index is -3.53. The lowest BCUT2D eigenvalue weighted by Gasteiger charge is -2.31. The zero-order valence-electron chi connectivity index (χ0n) is 15.3. The van der Waals surface area contributed by atoms with E-state index in [4.69, 9.17) is 16.3 Å². The Balaban J connectivity index is 1.45. The standard InChI is InChI=1S/C18H26ClN3O4S/c19-16-1-3-17(4-2-16)27(24,25)22-8-5-15(6-9-22)18(23)20-7-10-21-11-13-26-14-12-21/h1-4,15H,5-14H2,(H,20,23). The monoisotopic (exact) mass is 415 g/mol. The van der Waals surface area contributed by atoms with Crippen LogP contribution >= 0.6 is 11.6 Å². The highest BCUT2D eigenvalue weighted by Crippen LogP contribution is 2.24. The summed E-state index contributed by atoms with van der Waals surface area (Å²) < 4.78 is 32.1. The van der Waals surface area contributed by atoms with Crippen molar-refractivity contribution in [3.63, 3.8) is 0 Å². The van der Waals surface area contributed by atoms with Gasteiger partial charge in [0, 0.05) is 50.2 Å². The minimum Gasteiger partial charge on any atom is -0.379 e. The average Bonchev–Trinajstić information content (AvgIpc) is 2.69. The van der Waals surface area contributed by atoms with Crippen molar-refractivity contribution >= 4 is 27.5 Å². The van der Waals surface area contributed by atoms with Crippen LogP contribution in [0.3, 0.4) is 0 Å². The van der Waals surface area contributed by atoms with Gasteiger partial charge in [-0.05, 0) is 37.1 Å². The van der Waals surface area contributed by atoms with Gasteiger partial charge in [0.05, 0.1) is 18.1 Å². The van der Waals surface area contributed by atoms with Crippen molar-refractivity contribution in [2.75, 3.05) is 52.5 Å².